The lowest BCUT2D eigenvalue weighted by molar-refractivity contribution is 0.733. The lowest BCUT2D eigenvalue weighted by Crippen LogP contribution is -2.26. The van der Waals surface area contributed by atoms with E-state index >= 15 is 0 Å². The first kappa shape index (κ1) is 18.4. The van der Waals surface area contributed by atoms with E-state index in [-0.39, 0.29) is 0 Å². The molecule has 1 aromatic heterocycles. The fraction of sp³-hybridized carbons (Fsp3) is 0.273. The maximum atomic E-state index is 6.04. The van der Waals surface area contributed by atoms with Crippen molar-refractivity contribution in [2.75, 3.05) is 18.0 Å². The van der Waals surface area contributed by atoms with E-state index in [0.717, 1.165) is 54.4 Å². The average molecular weight is 366 g/mol. The number of hydrogen-bond acceptors (Lipinski definition) is 3. The number of aromatic nitrogens is 2. The van der Waals surface area contributed by atoms with E-state index in [1.807, 2.05) is 42.5 Å². The lowest BCUT2D eigenvalue weighted by Gasteiger charge is -2.23. The van der Waals surface area contributed by atoms with Gasteiger partial charge in [0, 0.05) is 35.3 Å². The number of benzene rings is 2. The van der Waals surface area contributed by atoms with Crippen LogP contribution in [0.15, 0.2) is 60.7 Å². The van der Waals surface area contributed by atoms with Gasteiger partial charge in [-0.2, -0.15) is 0 Å². The summed E-state index contributed by atoms with van der Waals surface area (Å²) in [4.78, 5) is 12.0. The third-order valence-electron chi connectivity index (χ3n) is 4.20. The Kier molecular flexibility index (Phi) is 6.24. The SMILES string of the molecule is CCCN(CCC)c1cc(-c2ccccc2)nc(-c2ccc(Cl)cc2)n1. The molecule has 0 bridgehead atoms. The minimum Gasteiger partial charge on any atom is -0.357 e. The molecule has 3 aromatic rings. The van der Waals surface area contributed by atoms with E-state index in [2.05, 4.69) is 36.9 Å². The summed E-state index contributed by atoms with van der Waals surface area (Å²) in [6.07, 6.45) is 2.17. The van der Waals surface area contributed by atoms with E-state index in [4.69, 9.17) is 21.6 Å². The summed E-state index contributed by atoms with van der Waals surface area (Å²) in [6.45, 7) is 6.36. The largest absolute Gasteiger partial charge is 0.357 e. The Bertz CT molecular complexity index is 826. The lowest BCUT2D eigenvalue weighted by atomic mass is 10.1. The highest BCUT2D eigenvalue weighted by atomic mass is 35.5. The van der Waals surface area contributed by atoms with Gasteiger partial charge in [-0.15, -0.1) is 0 Å². The highest BCUT2D eigenvalue weighted by molar-refractivity contribution is 6.30. The van der Waals surface area contributed by atoms with E-state index in [0.29, 0.717) is 5.02 Å². The van der Waals surface area contributed by atoms with Crippen molar-refractivity contribution >= 4 is 17.4 Å². The maximum Gasteiger partial charge on any atom is 0.162 e. The number of hydrogen-bond donors (Lipinski definition) is 0. The van der Waals surface area contributed by atoms with Gasteiger partial charge in [0.15, 0.2) is 5.82 Å². The topological polar surface area (TPSA) is 29.0 Å². The zero-order valence-electron chi connectivity index (χ0n) is 15.3. The Morgan fingerprint density at radius 3 is 2.08 bits per heavy atom. The van der Waals surface area contributed by atoms with Gasteiger partial charge in [0.1, 0.15) is 5.82 Å². The van der Waals surface area contributed by atoms with Gasteiger partial charge in [-0.1, -0.05) is 55.8 Å². The first-order valence-corrected chi connectivity index (χ1v) is 9.54. The molecule has 0 unspecified atom stereocenters. The second-order valence-corrected chi connectivity index (χ2v) is 6.73. The molecule has 1 heterocycles. The second kappa shape index (κ2) is 8.81. The summed E-state index contributed by atoms with van der Waals surface area (Å²) >= 11 is 6.04. The molecular formula is C22H24ClN3. The fourth-order valence-corrected chi connectivity index (χ4v) is 3.09. The molecule has 3 nitrogen and oxygen atoms in total. The van der Waals surface area contributed by atoms with Gasteiger partial charge in [-0.05, 0) is 37.1 Å². The summed E-state index contributed by atoms with van der Waals surface area (Å²) in [5.74, 6) is 1.71. The van der Waals surface area contributed by atoms with E-state index < -0.39 is 0 Å². The van der Waals surface area contributed by atoms with Gasteiger partial charge in [0.2, 0.25) is 0 Å². The Morgan fingerprint density at radius 2 is 1.46 bits per heavy atom. The predicted molar refractivity (Wildman–Crippen MR) is 111 cm³/mol. The van der Waals surface area contributed by atoms with Crippen LogP contribution in [0.1, 0.15) is 26.7 Å². The van der Waals surface area contributed by atoms with E-state index in [1.165, 1.54) is 0 Å². The van der Waals surface area contributed by atoms with Crippen LogP contribution in [0.5, 0.6) is 0 Å². The van der Waals surface area contributed by atoms with Crippen molar-refractivity contribution in [3.8, 4) is 22.6 Å². The molecule has 134 valence electrons. The van der Waals surface area contributed by atoms with Crippen LogP contribution in [0, 0.1) is 0 Å². The molecule has 0 radical (unpaired) electrons. The van der Waals surface area contributed by atoms with Crippen LogP contribution in [0.2, 0.25) is 5.02 Å². The molecule has 3 rings (SSSR count). The van der Waals surface area contributed by atoms with Crippen LogP contribution in [-0.2, 0) is 0 Å². The molecule has 0 atom stereocenters. The molecule has 0 spiro atoms. The molecule has 0 fully saturated rings. The third-order valence-corrected chi connectivity index (χ3v) is 4.45. The summed E-state index contributed by atoms with van der Waals surface area (Å²) in [5.41, 5.74) is 3.01. The van der Waals surface area contributed by atoms with E-state index in [1.54, 1.807) is 0 Å². The number of anilines is 1. The summed E-state index contributed by atoms with van der Waals surface area (Å²) < 4.78 is 0. The van der Waals surface area contributed by atoms with E-state index in [9.17, 15) is 0 Å². The monoisotopic (exact) mass is 365 g/mol. The molecule has 0 amide bonds. The molecular weight excluding hydrogens is 342 g/mol. The quantitative estimate of drug-likeness (QED) is 0.507. The predicted octanol–water partition coefficient (Wildman–Crippen LogP) is 6.09. The molecule has 0 aliphatic carbocycles. The summed E-state index contributed by atoms with van der Waals surface area (Å²) in [6, 6.07) is 20.1. The standard InChI is InChI=1S/C22H24ClN3/c1-3-14-26(15-4-2)21-16-20(17-8-6-5-7-9-17)24-22(25-21)18-10-12-19(23)13-11-18/h5-13,16H,3-4,14-15H2,1-2H3. The summed E-state index contributed by atoms with van der Waals surface area (Å²) in [5, 5.41) is 0.715. The third kappa shape index (κ3) is 4.41. The van der Waals surface area contributed by atoms with Crippen LogP contribution < -0.4 is 4.90 Å². The van der Waals surface area contributed by atoms with Crippen LogP contribution in [0.25, 0.3) is 22.6 Å². The Balaban J connectivity index is 2.11. The van der Waals surface area contributed by atoms with Crippen molar-refractivity contribution in [2.45, 2.75) is 26.7 Å². The molecule has 0 saturated heterocycles. The average Bonchev–Trinajstić information content (AvgIpc) is 2.69. The first-order valence-electron chi connectivity index (χ1n) is 9.16. The highest BCUT2D eigenvalue weighted by Crippen LogP contribution is 2.27. The molecule has 0 N–H and O–H groups in total. The molecule has 2 aromatic carbocycles. The van der Waals surface area contributed by atoms with Crippen molar-refractivity contribution in [3.05, 3.63) is 65.7 Å². The normalized spacial score (nSPS) is 10.7. The minimum atomic E-state index is 0.715. The summed E-state index contributed by atoms with van der Waals surface area (Å²) in [7, 11) is 0. The van der Waals surface area contributed by atoms with Gasteiger partial charge in [-0.25, -0.2) is 9.97 Å². The van der Waals surface area contributed by atoms with Crippen molar-refractivity contribution in [1.82, 2.24) is 9.97 Å². The zero-order valence-corrected chi connectivity index (χ0v) is 16.1. The van der Waals surface area contributed by atoms with Crippen molar-refractivity contribution < 1.29 is 0 Å². The Hall–Kier alpha value is -2.39. The van der Waals surface area contributed by atoms with Crippen LogP contribution in [0.3, 0.4) is 0 Å². The first-order chi connectivity index (χ1) is 12.7. The fourth-order valence-electron chi connectivity index (χ4n) is 2.96. The molecule has 0 aliphatic rings. The maximum absolute atomic E-state index is 6.04. The van der Waals surface area contributed by atoms with Crippen molar-refractivity contribution in [1.29, 1.82) is 0 Å². The van der Waals surface area contributed by atoms with Crippen LogP contribution in [0.4, 0.5) is 5.82 Å². The molecule has 0 saturated carbocycles. The second-order valence-electron chi connectivity index (χ2n) is 6.29. The van der Waals surface area contributed by atoms with Crippen LogP contribution in [-0.4, -0.2) is 23.1 Å². The number of halogens is 1. The minimum absolute atomic E-state index is 0.715. The van der Waals surface area contributed by atoms with Gasteiger partial charge in [-0.3, -0.25) is 0 Å². The van der Waals surface area contributed by atoms with Crippen molar-refractivity contribution in [3.63, 3.8) is 0 Å². The van der Waals surface area contributed by atoms with Gasteiger partial charge >= 0.3 is 0 Å². The number of nitrogens with zero attached hydrogens (tertiary/aromatic N) is 3. The Morgan fingerprint density at radius 1 is 0.808 bits per heavy atom. The van der Waals surface area contributed by atoms with Gasteiger partial charge < -0.3 is 4.90 Å². The van der Waals surface area contributed by atoms with Crippen LogP contribution >= 0.6 is 11.6 Å². The smallest absolute Gasteiger partial charge is 0.162 e. The zero-order chi connectivity index (χ0) is 18.4. The highest BCUT2D eigenvalue weighted by Gasteiger charge is 2.13. The molecule has 0 aliphatic heterocycles. The Labute approximate surface area is 160 Å². The van der Waals surface area contributed by atoms with Gasteiger partial charge in [0.05, 0.1) is 5.69 Å². The van der Waals surface area contributed by atoms with Crippen molar-refractivity contribution in [2.24, 2.45) is 0 Å². The van der Waals surface area contributed by atoms with Gasteiger partial charge in [0.25, 0.3) is 0 Å². The number of rotatable bonds is 7. The molecule has 4 heteroatoms. The molecule has 26 heavy (non-hydrogen) atoms.